The molecule has 0 bridgehead atoms. The highest BCUT2D eigenvalue weighted by atomic mass is 35.5. The number of rotatable bonds is 14. The van der Waals surface area contributed by atoms with Crippen LogP contribution in [0.3, 0.4) is 0 Å². The largest absolute Gasteiger partial charge is 0.257 e. The molecule has 0 heterocycles. The molecule has 0 aliphatic heterocycles. The van der Waals surface area contributed by atoms with Gasteiger partial charge in [-0.3, -0.25) is 0 Å². The van der Waals surface area contributed by atoms with Crippen LogP contribution in [-0.2, 0) is 40.1 Å². The number of hydrogen-bond acceptors (Lipinski definition) is 8. The van der Waals surface area contributed by atoms with Crippen LogP contribution in [0.1, 0.15) is 19.3 Å². The first-order valence-electron chi connectivity index (χ1n) is 14.0. The summed E-state index contributed by atoms with van der Waals surface area (Å²) in [6, 6.07) is 13.8. The lowest BCUT2D eigenvalue weighted by Gasteiger charge is -2.24. The van der Waals surface area contributed by atoms with Gasteiger partial charge >= 0.3 is 0 Å². The van der Waals surface area contributed by atoms with Crippen LogP contribution < -0.4 is 0 Å². The lowest BCUT2D eigenvalue weighted by molar-refractivity contribution is 0.466. The molecule has 0 saturated heterocycles. The molecule has 0 atom stereocenters. The first kappa shape index (κ1) is 42.7. The summed E-state index contributed by atoms with van der Waals surface area (Å²) in [5.41, 5.74) is 0. The summed E-state index contributed by atoms with van der Waals surface area (Å²) in [6.07, 6.45) is -0.626. The van der Waals surface area contributed by atoms with Crippen LogP contribution in [0.4, 0.5) is 0 Å². The van der Waals surface area contributed by atoms with Crippen LogP contribution in [0.25, 0.3) is 0 Å². The second kappa shape index (κ2) is 16.7. The molecule has 0 aliphatic rings. The highest BCUT2D eigenvalue weighted by molar-refractivity contribution is 8.04. The van der Waals surface area contributed by atoms with Crippen LogP contribution in [0.15, 0.2) is 92.4 Å². The van der Waals surface area contributed by atoms with E-state index in [1.54, 1.807) is 0 Å². The fraction of sp³-hybridized carbons (Fsp3) is 0.172. The summed E-state index contributed by atoms with van der Waals surface area (Å²) in [6.45, 7) is -1.45. The van der Waals surface area contributed by atoms with Crippen LogP contribution in [-0.4, -0.2) is 54.2 Å². The zero-order chi connectivity index (χ0) is 38.1. The molecular formula is C29H22Cl8N2O8S4. The molecule has 0 amide bonds. The minimum atomic E-state index is -4.96. The van der Waals surface area contributed by atoms with Gasteiger partial charge in [0.05, 0.1) is 20.1 Å². The van der Waals surface area contributed by atoms with E-state index in [9.17, 15) is 33.7 Å². The van der Waals surface area contributed by atoms with Crippen molar-refractivity contribution in [2.75, 3.05) is 13.1 Å². The Bertz CT molecular complexity index is 2100. The Balaban J connectivity index is 1.70. The van der Waals surface area contributed by atoms with Gasteiger partial charge in [-0.25, -0.2) is 33.7 Å². The highest BCUT2D eigenvalue weighted by Crippen LogP contribution is 2.36. The SMILES string of the molecule is O=S(=O)(c1cc(Cl)ccc1Cl)N(CCCCCN(S(=O)(=O)c1cc(Cl)ccc1Cl)S(=O)(=O)c1cc(Cl)ccc1Cl)S(=O)(=O)c1cc(Cl)ccc1Cl. The van der Waals surface area contributed by atoms with Crippen molar-refractivity contribution in [3.8, 4) is 0 Å². The quantitative estimate of drug-likeness (QED) is 0.114. The van der Waals surface area contributed by atoms with Crippen LogP contribution in [0.2, 0.25) is 40.2 Å². The molecule has 0 unspecified atom stereocenters. The second-order valence-electron chi connectivity index (χ2n) is 10.4. The van der Waals surface area contributed by atoms with Crippen molar-refractivity contribution in [1.82, 2.24) is 7.42 Å². The first-order valence-corrected chi connectivity index (χ1v) is 22.8. The minimum Gasteiger partial charge on any atom is -0.206 e. The van der Waals surface area contributed by atoms with Crippen molar-refractivity contribution in [2.45, 2.75) is 38.8 Å². The molecule has 0 N–H and O–H groups in total. The summed E-state index contributed by atoms with van der Waals surface area (Å²) in [4.78, 5) is -2.51. The molecule has 22 heteroatoms. The molecule has 0 radical (unpaired) electrons. The minimum absolute atomic E-state index is 0.0572. The average Bonchev–Trinajstić information content (AvgIpc) is 3.04. The molecule has 4 aromatic carbocycles. The van der Waals surface area contributed by atoms with Gasteiger partial charge in [-0.05, 0) is 85.6 Å². The molecule has 276 valence electrons. The van der Waals surface area contributed by atoms with Gasteiger partial charge < -0.3 is 0 Å². The molecule has 10 nitrogen and oxygen atoms in total. The molecule has 0 aliphatic carbocycles. The maximum atomic E-state index is 13.9. The number of sulfonamides is 4. The van der Waals surface area contributed by atoms with Gasteiger partial charge in [-0.1, -0.05) is 107 Å². The number of nitrogens with zero attached hydrogens (tertiary/aromatic N) is 2. The Kier molecular flexibility index (Phi) is 14.0. The summed E-state index contributed by atoms with van der Waals surface area (Å²) < 4.78 is 112. The van der Waals surface area contributed by atoms with Crippen molar-refractivity contribution >= 4 is 133 Å². The van der Waals surface area contributed by atoms with Crippen molar-refractivity contribution < 1.29 is 33.7 Å². The van der Waals surface area contributed by atoms with Gasteiger partial charge in [0, 0.05) is 33.2 Å². The van der Waals surface area contributed by atoms with Crippen molar-refractivity contribution in [3.63, 3.8) is 0 Å². The smallest absolute Gasteiger partial charge is 0.206 e. The van der Waals surface area contributed by atoms with Gasteiger partial charge in [0.25, 0.3) is 40.1 Å². The maximum Gasteiger partial charge on any atom is 0.257 e. The van der Waals surface area contributed by atoms with Gasteiger partial charge in [0.15, 0.2) is 0 Å². The summed E-state index contributed by atoms with van der Waals surface area (Å²) in [7, 11) is -19.8. The predicted octanol–water partition coefficient (Wildman–Crippen LogP) is 9.54. The van der Waals surface area contributed by atoms with Gasteiger partial charge in [0.1, 0.15) is 19.6 Å². The summed E-state index contributed by atoms with van der Waals surface area (Å²) in [5, 5.41) is -1.55. The van der Waals surface area contributed by atoms with Gasteiger partial charge in [-0.2, -0.15) is 0 Å². The van der Waals surface area contributed by atoms with E-state index in [1.807, 2.05) is 0 Å². The second-order valence-corrected chi connectivity index (χ2v) is 21.5. The fourth-order valence-corrected chi connectivity index (χ4v) is 14.9. The van der Waals surface area contributed by atoms with Crippen LogP contribution in [0, 0.1) is 0 Å². The maximum absolute atomic E-state index is 13.9. The standard InChI is InChI=1S/C29H22Cl8N2O8S4/c30-18-4-8-22(34)26(14-18)48(40,41)38(49(42,43)27-15-19(31)5-9-23(27)35)12-2-1-3-13-39(50(44,45)28-16-20(32)6-10-24(28)36)51(46,47)29-17-21(33)7-11-25(29)37/h4-11,14-17H,1-3,12-13H2. The molecule has 0 spiro atoms. The third-order valence-corrected chi connectivity index (χ3v) is 18.4. The lowest BCUT2D eigenvalue weighted by Crippen LogP contribution is -2.39. The van der Waals surface area contributed by atoms with E-state index in [-0.39, 0.29) is 66.9 Å². The monoisotopic (exact) mass is 934 g/mol. The normalized spacial score (nSPS) is 12.9. The predicted molar refractivity (Wildman–Crippen MR) is 202 cm³/mol. The molecule has 4 aromatic rings. The zero-order valence-corrected chi connectivity index (χ0v) is 34.6. The third kappa shape index (κ3) is 9.42. The van der Waals surface area contributed by atoms with Crippen LogP contribution >= 0.6 is 92.8 Å². The Labute approximate surface area is 335 Å². The van der Waals surface area contributed by atoms with E-state index in [0.29, 0.717) is 0 Å². The van der Waals surface area contributed by atoms with Crippen molar-refractivity contribution in [2.24, 2.45) is 0 Å². The van der Waals surface area contributed by atoms with E-state index in [4.69, 9.17) is 92.8 Å². The topological polar surface area (TPSA) is 143 Å². The molecular weight excluding hydrogens is 916 g/mol. The third-order valence-electron chi connectivity index (χ3n) is 6.94. The number of hydrogen-bond donors (Lipinski definition) is 0. The number of unbranched alkanes of at least 4 members (excludes halogenated alkanes) is 2. The van der Waals surface area contributed by atoms with E-state index >= 15 is 0 Å². The zero-order valence-electron chi connectivity index (χ0n) is 25.3. The molecule has 51 heavy (non-hydrogen) atoms. The number of halogens is 8. The Hall–Kier alpha value is -1.08. The molecule has 0 saturated carbocycles. The Morgan fingerprint density at radius 1 is 0.353 bits per heavy atom. The van der Waals surface area contributed by atoms with E-state index < -0.39 is 72.8 Å². The molecule has 0 aromatic heterocycles. The first-order chi connectivity index (χ1) is 23.6. The van der Waals surface area contributed by atoms with Crippen molar-refractivity contribution in [3.05, 3.63) is 113 Å². The van der Waals surface area contributed by atoms with Gasteiger partial charge in [-0.15, -0.1) is 0 Å². The average molecular weight is 938 g/mol. The lowest BCUT2D eigenvalue weighted by atomic mass is 10.2. The van der Waals surface area contributed by atoms with E-state index in [2.05, 4.69) is 0 Å². The van der Waals surface area contributed by atoms with Crippen molar-refractivity contribution in [1.29, 1.82) is 0 Å². The van der Waals surface area contributed by atoms with Gasteiger partial charge in [0.2, 0.25) is 0 Å². The van der Waals surface area contributed by atoms with E-state index in [0.717, 1.165) is 24.3 Å². The molecule has 0 fully saturated rings. The number of benzene rings is 4. The Morgan fingerprint density at radius 2 is 0.569 bits per heavy atom. The van der Waals surface area contributed by atoms with E-state index in [1.165, 1.54) is 48.5 Å². The summed E-state index contributed by atoms with van der Waals surface area (Å²) in [5.74, 6) is 0. The Morgan fingerprint density at radius 3 is 0.784 bits per heavy atom. The summed E-state index contributed by atoms with van der Waals surface area (Å²) >= 11 is 48.7. The highest BCUT2D eigenvalue weighted by Gasteiger charge is 2.40. The fourth-order valence-electron chi connectivity index (χ4n) is 4.54. The molecule has 4 rings (SSSR count). The van der Waals surface area contributed by atoms with Crippen LogP contribution in [0.5, 0.6) is 0 Å².